The minimum Gasteiger partial charge on any atom is -0.393 e. The first-order valence-corrected chi connectivity index (χ1v) is 6.85. The summed E-state index contributed by atoms with van der Waals surface area (Å²) in [7, 11) is 0. The highest BCUT2D eigenvalue weighted by atomic mass is 79.9. The summed E-state index contributed by atoms with van der Waals surface area (Å²) in [4.78, 5) is 12.4. The van der Waals surface area contributed by atoms with Gasteiger partial charge in [0.25, 0.3) is 0 Å². The molecule has 2 rings (SSSR count). The Morgan fingerprint density at radius 3 is 2.59 bits per heavy atom. The summed E-state index contributed by atoms with van der Waals surface area (Å²) < 4.78 is 0.947. The Kier molecular flexibility index (Phi) is 4.00. The van der Waals surface area contributed by atoms with Crippen LogP contribution >= 0.6 is 15.9 Å². The summed E-state index contributed by atoms with van der Waals surface area (Å²) in [5, 5.41) is 9.46. The van der Waals surface area contributed by atoms with Crippen LogP contribution in [0.3, 0.4) is 0 Å². The Morgan fingerprint density at radius 2 is 1.94 bits per heavy atom. The number of aliphatic hydroxyl groups is 1. The quantitative estimate of drug-likeness (QED) is 0.848. The molecule has 92 valence electrons. The topological polar surface area (TPSA) is 37.3 Å². The number of aliphatic hydroxyl groups excluding tert-OH is 1. The summed E-state index contributed by atoms with van der Waals surface area (Å²) in [6.07, 6.45) is 2.92. The van der Waals surface area contributed by atoms with Crippen LogP contribution in [-0.4, -0.2) is 17.0 Å². The van der Waals surface area contributed by atoms with Crippen molar-refractivity contribution in [3.63, 3.8) is 0 Å². The predicted molar refractivity (Wildman–Crippen MR) is 71.2 cm³/mol. The number of aryl methyl sites for hydroxylation is 1. The van der Waals surface area contributed by atoms with E-state index in [1.54, 1.807) is 0 Å². The van der Waals surface area contributed by atoms with E-state index in [1.807, 2.05) is 25.1 Å². The first-order valence-electron chi connectivity index (χ1n) is 6.06. The summed E-state index contributed by atoms with van der Waals surface area (Å²) in [6.45, 7) is 1.97. The zero-order chi connectivity index (χ0) is 12.4. The SMILES string of the molecule is Cc1ccc(Br)cc1C(=O)C1CCC(O)CC1. The molecule has 1 N–H and O–H groups in total. The van der Waals surface area contributed by atoms with Crippen LogP contribution in [0.15, 0.2) is 22.7 Å². The van der Waals surface area contributed by atoms with Gasteiger partial charge in [0.15, 0.2) is 5.78 Å². The maximum absolute atomic E-state index is 12.4. The van der Waals surface area contributed by atoms with Crippen molar-refractivity contribution >= 4 is 21.7 Å². The Morgan fingerprint density at radius 1 is 1.29 bits per heavy atom. The number of ketones is 1. The molecular weight excluding hydrogens is 280 g/mol. The second kappa shape index (κ2) is 5.32. The molecule has 0 saturated heterocycles. The molecule has 0 atom stereocenters. The molecule has 1 fully saturated rings. The summed E-state index contributed by atoms with van der Waals surface area (Å²) in [5.41, 5.74) is 1.85. The van der Waals surface area contributed by atoms with Gasteiger partial charge in [-0.25, -0.2) is 0 Å². The van der Waals surface area contributed by atoms with Crippen molar-refractivity contribution in [1.82, 2.24) is 0 Å². The number of Topliss-reactive ketones (excluding diaryl/α,β-unsaturated/α-hetero) is 1. The molecule has 2 nitrogen and oxygen atoms in total. The van der Waals surface area contributed by atoms with Gasteiger partial charge in [0.2, 0.25) is 0 Å². The first-order chi connectivity index (χ1) is 8.08. The zero-order valence-corrected chi connectivity index (χ0v) is 11.5. The lowest BCUT2D eigenvalue weighted by molar-refractivity contribution is 0.0764. The van der Waals surface area contributed by atoms with Crippen LogP contribution in [0.25, 0.3) is 0 Å². The Labute approximate surface area is 110 Å². The van der Waals surface area contributed by atoms with Gasteiger partial charge in [0, 0.05) is 16.0 Å². The monoisotopic (exact) mass is 296 g/mol. The van der Waals surface area contributed by atoms with E-state index in [0.717, 1.165) is 41.3 Å². The van der Waals surface area contributed by atoms with Gasteiger partial charge < -0.3 is 5.11 Å². The maximum atomic E-state index is 12.4. The Hall–Kier alpha value is -0.670. The third kappa shape index (κ3) is 2.96. The van der Waals surface area contributed by atoms with Crippen LogP contribution in [0.5, 0.6) is 0 Å². The number of hydrogen-bond acceptors (Lipinski definition) is 2. The third-order valence-electron chi connectivity index (χ3n) is 3.53. The van der Waals surface area contributed by atoms with E-state index < -0.39 is 0 Å². The largest absolute Gasteiger partial charge is 0.393 e. The highest BCUT2D eigenvalue weighted by Gasteiger charge is 2.26. The van der Waals surface area contributed by atoms with Gasteiger partial charge in [-0.2, -0.15) is 0 Å². The number of hydrogen-bond donors (Lipinski definition) is 1. The van der Waals surface area contributed by atoms with Crippen LogP contribution in [0.1, 0.15) is 41.6 Å². The molecule has 0 heterocycles. The molecule has 1 saturated carbocycles. The van der Waals surface area contributed by atoms with E-state index in [1.165, 1.54) is 0 Å². The fourth-order valence-electron chi connectivity index (χ4n) is 2.42. The van der Waals surface area contributed by atoms with Crippen molar-refractivity contribution in [2.75, 3.05) is 0 Å². The highest BCUT2D eigenvalue weighted by Crippen LogP contribution is 2.29. The number of carbonyl (C=O) groups excluding carboxylic acids is 1. The molecule has 1 aromatic carbocycles. The lowest BCUT2D eigenvalue weighted by atomic mass is 9.82. The smallest absolute Gasteiger partial charge is 0.166 e. The third-order valence-corrected chi connectivity index (χ3v) is 4.03. The van der Waals surface area contributed by atoms with Crippen LogP contribution in [0.4, 0.5) is 0 Å². The van der Waals surface area contributed by atoms with Crippen molar-refractivity contribution in [2.45, 2.75) is 38.7 Å². The van der Waals surface area contributed by atoms with Crippen molar-refractivity contribution in [1.29, 1.82) is 0 Å². The van der Waals surface area contributed by atoms with Crippen molar-refractivity contribution in [2.24, 2.45) is 5.92 Å². The number of rotatable bonds is 2. The minimum absolute atomic E-state index is 0.0893. The molecule has 0 bridgehead atoms. The van der Waals surface area contributed by atoms with Gasteiger partial charge in [-0.05, 0) is 50.3 Å². The molecule has 0 aromatic heterocycles. The molecule has 3 heteroatoms. The average molecular weight is 297 g/mol. The molecule has 1 aromatic rings. The van der Waals surface area contributed by atoms with Crippen molar-refractivity contribution in [3.8, 4) is 0 Å². The molecule has 17 heavy (non-hydrogen) atoms. The van der Waals surface area contributed by atoms with E-state index in [4.69, 9.17) is 0 Å². The molecule has 1 aliphatic rings. The van der Waals surface area contributed by atoms with Crippen LogP contribution in [-0.2, 0) is 0 Å². The van der Waals surface area contributed by atoms with Gasteiger partial charge in [-0.3, -0.25) is 4.79 Å². The molecule has 0 radical (unpaired) electrons. The fourth-order valence-corrected chi connectivity index (χ4v) is 2.78. The van der Waals surface area contributed by atoms with Crippen LogP contribution in [0, 0.1) is 12.8 Å². The Bertz CT molecular complexity index is 420. The van der Waals surface area contributed by atoms with Gasteiger partial charge in [0.05, 0.1) is 6.10 Å². The molecule has 1 aliphatic carbocycles. The van der Waals surface area contributed by atoms with Gasteiger partial charge in [-0.1, -0.05) is 22.0 Å². The molecule has 0 amide bonds. The van der Waals surface area contributed by atoms with Crippen molar-refractivity contribution < 1.29 is 9.90 Å². The second-order valence-corrected chi connectivity index (χ2v) is 5.74. The number of carbonyl (C=O) groups is 1. The number of halogens is 1. The maximum Gasteiger partial charge on any atom is 0.166 e. The normalized spacial score (nSPS) is 24.6. The van der Waals surface area contributed by atoms with E-state index in [9.17, 15) is 9.90 Å². The molecule has 0 spiro atoms. The van der Waals surface area contributed by atoms with Crippen LogP contribution < -0.4 is 0 Å². The highest BCUT2D eigenvalue weighted by molar-refractivity contribution is 9.10. The Balaban J connectivity index is 2.16. The summed E-state index contributed by atoms with van der Waals surface area (Å²) >= 11 is 3.41. The molecule has 0 unspecified atom stereocenters. The zero-order valence-electron chi connectivity index (χ0n) is 9.95. The second-order valence-electron chi connectivity index (χ2n) is 4.83. The van der Waals surface area contributed by atoms with E-state index in [0.29, 0.717) is 0 Å². The van der Waals surface area contributed by atoms with E-state index in [2.05, 4.69) is 15.9 Å². The standard InChI is InChI=1S/C14H17BrO2/c1-9-2-5-11(15)8-13(9)14(17)10-3-6-12(16)7-4-10/h2,5,8,10,12,16H,3-4,6-7H2,1H3. The van der Waals surface area contributed by atoms with Gasteiger partial charge in [0.1, 0.15) is 0 Å². The lowest BCUT2D eigenvalue weighted by Gasteiger charge is -2.24. The number of benzene rings is 1. The fraction of sp³-hybridized carbons (Fsp3) is 0.500. The minimum atomic E-state index is -0.206. The first kappa shape index (κ1) is 12.8. The van der Waals surface area contributed by atoms with Crippen LogP contribution in [0.2, 0.25) is 0 Å². The predicted octanol–water partition coefficient (Wildman–Crippen LogP) is 3.49. The lowest BCUT2D eigenvalue weighted by Crippen LogP contribution is -2.24. The average Bonchev–Trinajstić information content (AvgIpc) is 2.32. The van der Waals surface area contributed by atoms with Gasteiger partial charge in [-0.15, -0.1) is 0 Å². The van der Waals surface area contributed by atoms with E-state index >= 15 is 0 Å². The van der Waals surface area contributed by atoms with Gasteiger partial charge >= 0.3 is 0 Å². The summed E-state index contributed by atoms with van der Waals surface area (Å²) in [6, 6.07) is 5.83. The summed E-state index contributed by atoms with van der Waals surface area (Å²) in [5.74, 6) is 0.321. The molecular formula is C14H17BrO2. The van der Waals surface area contributed by atoms with Crippen molar-refractivity contribution in [3.05, 3.63) is 33.8 Å². The van der Waals surface area contributed by atoms with E-state index in [-0.39, 0.29) is 17.8 Å². The molecule has 0 aliphatic heterocycles.